The van der Waals surface area contributed by atoms with Crippen LogP contribution in [-0.4, -0.2) is 28.1 Å². The molecule has 1 aromatic rings. The van der Waals surface area contributed by atoms with Gasteiger partial charge in [0.15, 0.2) is 0 Å². The smallest absolute Gasteiger partial charge is 0.248 e. The predicted molar refractivity (Wildman–Crippen MR) is 66.7 cm³/mol. The second-order valence-corrected chi connectivity index (χ2v) is 5.18. The lowest BCUT2D eigenvalue weighted by Crippen LogP contribution is -2.38. The van der Waals surface area contributed by atoms with Gasteiger partial charge >= 0.3 is 0 Å². The molecule has 1 N–H and O–H groups in total. The first-order chi connectivity index (χ1) is 8.52. The molecule has 5 heteroatoms. The zero-order valence-corrected chi connectivity index (χ0v) is 11.0. The molecule has 0 amide bonds. The van der Waals surface area contributed by atoms with Crippen molar-refractivity contribution in [2.45, 2.75) is 44.6 Å². The number of imidazole rings is 1. The van der Waals surface area contributed by atoms with E-state index < -0.39 is 5.92 Å². The van der Waals surface area contributed by atoms with Crippen molar-refractivity contribution >= 4 is 0 Å². The lowest BCUT2D eigenvalue weighted by molar-refractivity contribution is 0.00328. The lowest BCUT2D eigenvalue weighted by Gasteiger charge is -2.24. The first-order valence-electron chi connectivity index (χ1n) is 6.59. The van der Waals surface area contributed by atoms with Crippen molar-refractivity contribution in [1.82, 2.24) is 14.9 Å². The summed E-state index contributed by atoms with van der Waals surface area (Å²) < 4.78 is 28.6. The number of aromatic nitrogens is 2. The minimum absolute atomic E-state index is 0.00902. The van der Waals surface area contributed by atoms with E-state index in [1.807, 2.05) is 24.7 Å². The third-order valence-electron chi connectivity index (χ3n) is 3.80. The third kappa shape index (κ3) is 3.07. The van der Waals surface area contributed by atoms with E-state index in [1.54, 1.807) is 6.20 Å². The van der Waals surface area contributed by atoms with Crippen LogP contribution in [0.15, 0.2) is 12.4 Å². The molecule has 3 nitrogen and oxygen atoms in total. The highest BCUT2D eigenvalue weighted by Gasteiger charge is 2.42. The molecule has 0 aromatic carbocycles. The van der Waals surface area contributed by atoms with Gasteiger partial charge in [0.05, 0.1) is 0 Å². The van der Waals surface area contributed by atoms with E-state index >= 15 is 0 Å². The van der Waals surface area contributed by atoms with Gasteiger partial charge in [-0.1, -0.05) is 6.92 Å². The summed E-state index contributed by atoms with van der Waals surface area (Å²) in [6.07, 6.45) is 5.01. The summed E-state index contributed by atoms with van der Waals surface area (Å²) in [5, 5.41) is 3.34. The van der Waals surface area contributed by atoms with Crippen LogP contribution in [0, 0.1) is 5.92 Å². The average molecular weight is 257 g/mol. The molecular formula is C13H21F2N3. The maximum Gasteiger partial charge on any atom is 0.248 e. The van der Waals surface area contributed by atoms with Gasteiger partial charge in [0, 0.05) is 44.7 Å². The number of hydrogen-bond acceptors (Lipinski definition) is 2. The van der Waals surface area contributed by atoms with Crippen molar-refractivity contribution in [2.24, 2.45) is 13.0 Å². The van der Waals surface area contributed by atoms with Gasteiger partial charge in [-0.15, -0.1) is 0 Å². The van der Waals surface area contributed by atoms with Crippen LogP contribution in [0.25, 0.3) is 0 Å². The third-order valence-corrected chi connectivity index (χ3v) is 3.80. The van der Waals surface area contributed by atoms with E-state index in [-0.39, 0.29) is 24.8 Å². The van der Waals surface area contributed by atoms with Crippen LogP contribution in [0.1, 0.15) is 32.0 Å². The van der Waals surface area contributed by atoms with Crippen molar-refractivity contribution in [3.8, 4) is 0 Å². The summed E-state index contributed by atoms with van der Waals surface area (Å²) in [4.78, 5) is 4.28. The monoisotopic (exact) mass is 257 g/mol. The Morgan fingerprint density at radius 1 is 1.61 bits per heavy atom. The molecule has 0 bridgehead atoms. The number of hydrogen-bond donors (Lipinski definition) is 1. The van der Waals surface area contributed by atoms with Gasteiger partial charge in [0.25, 0.3) is 0 Å². The standard InChI is InChI=1S/C13H21F2N3/c1-3-16-11(8-12-17-6-7-18(12)2)10-4-5-13(14,15)9-10/h6-7,10-11,16H,3-5,8-9H2,1-2H3. The molecule has 1 heterocycles. The van der Waals surface area contributed by atoms with Crippen molar-refractivity contribution < 1.29 is 8.78 Å². The molecule has 1 aromatic heterocycles. The normalized spacial score (nSPS) is 24.3. The maximum atomic E-state index is 13.3. The Kier molecular flexibility index (Phi) is 4.00. The minimum Gasteiger partial charge on any atom is -0.338 e. The SMILES string of the molecule is CCNC(Cc1nccn1C)C1CCC(F)(F)C1. The zero-order valence-electron chi connectivity index (χ0n) is 11.0. The Morgan fingerprint density at radius 2 is 2.39 bits per heavy atom. The van der Waals surface area contributed by atoms with E-state index in [0.717, 1.165) is 18.8 Å². The Balaban J connectivity index is 2.02. The number of nitrogens with zero attached hydrogens (tertiary/aromatic N) is 2. The second-order valence-electron chi connectivity index (χ2n) is 5.18. The predicted octanol–water partition coefficient (Wildman–Crippen LogP) is 2.38. The van der Waals surface area contributed by atoms with Gasteiger partial charge in [-0.25, -0.2) is 13.8 Å². The molecular weight excluding hydrogens is 236 g/mol. The highest BCUT2D eigenvalue weighted by molar-refractivity contribution is 4.98. The topological polar surface area (TPSA) is 29.9 Å². The molecule has 1 fully saturated rings. The Bertz CT molecular complexity index is 389. The van der Waals surface area contributed by atoms with Crippen LogP contribution >= 0.6 is 0 Å². The molecule has 2 atom stereocenters. The van der Waals surface area contributed by atoms with Gasteiger partial charge in [-0.3, -0.25) is 0 Å². The van der Waals surface area contributed by atoms with E-state index in [0.29, 0.717) is 6.42 Å². The molecule has 18 heavy (non-hydrogen) atoms. The number of likely N-dealkylation sites (N-methyl/N-ethyl adjacent to an activating group) is 1. The number of nitrogens with one attached hydrogen (secondary N) is 1. The maximum absolute atomic E-state index is 13.3. The van der Waals surface area contributed by atoms with Crippen molar-refractivity contribution in [2.75, 3.05) is 6.54 Å². The molecule has 0 saturated heterocycles. The number of halogens is 2. The quantitative estimate of drug-likeness (QED) is 0.877. The van der Waals surface area contributed by atoms with Crippen LogP contribution in [0.4, 0.5) is 8.78 Å². The Hall–Kier alpha value is -0.970. The van der Waals surface area contributed by atoms with Crippen LogP contribution in [0.5, 0.6) is 0 Å². The van der Waals surface area contributed by atoms with Gasteiger partial charge in [-0.2, -0.15) is 0 Å². The molecule has 1 aliphatic rings. The molecule has 2 unspecified atom stereocenters. The summed E-state index contributed by atoms with van der Waals surface area (Å²) in [7, 11) is 1.94. The lowest BCUT2D eigenvalue weighted by atomic mass is 9.94. The molecule has 0 radical (unpaired) electrons. The van der Waals surface area contributed by atoms with Crippen molar-refractivity contribution in [1.29, 1.82) is 0 Å². The van der Waals surface area contributed by atoms with Gasteiger partial charge in [0.1, 0.15) is 5.82 Å². The Labute approximate surface area is 107 Å². The number of rotatable bonds is 5. The summed E-state index contributed by atoms with van der Waals surface area (Å²) in [5.41, 5.74) is 0. The number of alkyl halides is 2. The first kappa shape index (κ1) is 13.5. The van der Waals surface area contributed by atoms with E-state index in [4.69, 9.17) is 0 Å². The molecule has 0 aliphatic heterocycles. The van der Waals surface area contributed by atoms with E-state index in [2.05, 4.69) is 10.3 Å². The van der Waals surface area contributed by atoms with Crippen LogP contribution < -0.4 is 5.32 Å². The fourth-order valence-corrected chi connectivity index (χ4v) is 2.79. The van der Waals surface area contributed by atoms with Crippen molar-refractivity contribution in [3.63, 3.8) is 0 Å². The second kappa shape index (κ2) is 5.34. The molecule has 0 spiro atoms. The number of aryl methyl sites for hydroxylation is 1. The fraction of sp³-hybridized carbons (Fsp3) is 0.769. The van der Waals surface area contributed by atoms with E-state index in [1.165, 1.54) is 0 Å². The van der Waals surface area contributed by atoms with Crippen LogP contribution in [0.2, 0.25) is 0 Å². The average Bonchev–Trinajstić information content (AvgIpc) is 2.85. The fourth-order valence-electron chi connectivity index (χ4n) is 2.79. The molecule has 1 aliphatic carbocycles. The minimum atomic E-state index is -2.47. The summed E-state index contributed by atoms with van der Waals surface area (Å²) in [6, 6.07) is 0.101. The summed E-state index contributed by atoms with van der Waals surface area (Å²) >= 11 is 0. The van der Waals surface area contributed by atoms with Gasteiger partial charge in [0.2, 0.25) is 5.92 Å². The van der Waals surface area contributed by atoms with E-state index in [9.17, 15) is 8.78 Å². The van der Waals surface area contributed by atoms with Crippen LogP contribution in [-0.2, 0) is 13.5 Å². The van der Waals surface area contributed by atoms with Gasteiger partial charge < -0.3 is 9.88 Å². The zero-order chi connectivity index (χ0) is 13.2. The summed E-state index contributed by atoms with van der Waals surface area (Å²) in [5.74, 6) is -1.47. The van der Waals surface area contributed by atoms with Crippen LogP contribution in [0.3, 0.4) is 0 Å². The van der Waals surface area contributed by atoms with Gasteiger partial charge in [-0.05, 0) is 18.9 Å². The summed E-state index contributed by atoms with van der Waals surface area (Å²) in [6.45, 7) is 2.82. The highest BCUT2D eigenvalue weighted by atomic mass is 19.3. The van der Waals surface area contributed by atoms with Crippen molar-refractivity contribution in [3.05, 3.63) is 18.2 Å². The molecule has 102 valence electrons. The first-order valence-corrected chi connectivity index (χ1v) is 6.59. The molecule has 1 saturated carbocycles. The largest absolute Gasteiger partial charge is 0.338 e. The molecule has 2 rings (SSSR count). The Morgan fingerprint density at radius 3 is 2.89 bits per heavy atom. The highest BCUT2D eigenvalue weighted by Crippen LogP contribution is 2.40.